The first-order valence-electron chi connectivity index (χ1n) is 3.81. The molecule has 0 saturated carbocycles. The van der Waals surface area contributed by atoms with Crippen molar-refractivity contribution in [2.75, 3.05) is 11.9 Å². The Morgan fingerprint density at radius 3 is 3.25 bits per heavy atom. The predicted molar refractivity (Wildman–Crippen MR) is 47.2 cm³/mol. The average Bonchev–Trinajstić information content (AvgIpc) is 2.05. The summed E-state index contributed by atoms with van der Waals surface area (Å²) >= 11 is 0. The molecule has 1 aromatic heterocycles. The molecule has 3 heteroatoms. The molecule has 3 nitrogen and oxygen atoms in total. The summed E-state index contributed by atoms with van der Waals surface area (Å²) < 4.78 is 5.34. The fourth-order valence-corrected chi connectivity index (χ4v) is 1.12. The Labute approximate surface area is 71.1 Å². The average molecular weight is 162 g/mol. The summed E-state index contributed by atoms with van der Waals surface area (Å²) in [6, 6.07) is 3.88. The minimum absolute atomic E-state index is 0.503. The summed E-state index contributed by atoms with van der Waals surface area (Å²) in [6.45, 7) is 6.21. The van der Waals surface area contributed by atoms with Gasteiger partial charge in [0.1, 0.15) is 12.3 Å². The number of nitrogens with one attached hydrogen (secondary N) is 1. The summed E-state index contributed by atoms with van der Waals surface area (Å²) in [5.74, 6) is 0.669. The largest absolute Gasteiger partial charge is 0.470 e. The molecule has 0 radical (unpaired) electrons. The predicted octanol–water partition coefficient (Wildman–Crippen LogP) is 1.71. The van der Waals surface area contributed by atoms with Crippen LogP contribution in [0.5, 0.6) is 5.88 Å². The van der Waals surface area contributed by atoms with Gasteiger partial charge in [0.2, 0.25) is 5.88 Å². The maximum absolute atomic E-state index is 5.34. The Morgan fingerprint density at radius 2 is 2.42 bits per heavy atom. The fraction of sp³-hybridized carbons (Fsp3) is 0.222. The Morgan fingerprint density at radius 1 is 1.58 bits per heavy atom. The van der Waals surface area contributed by atoms with E-state index in [9.17, 15) is 0 Å². The van der Waals surface area contributed by atoms with Gasteiger partial charge in [-0.25, -0.2) is 4.98 Å². The van der Waals surface area contributed by atoms with E-state index in [1.54, 1.807) is 0 Å². The highest BCUT2D eigenvalue weighted by molar-refractivity contribution is 5.58. The van der Waals surface area contributed by atoms with E-state index >= 15 is 0 Å². The molecule has 0 amide bonds. The molecule has 0 saturated heterocycles. The molecule has 1 N–H and O–H groups in total. The molecule has 0 unspecified atom stereocenters. The lowest BCUT2D eigenvalue weighted by Crippen LogP contribution is -2.16. The number of rotatable bonds is 0. The summed E-state index contributed by atoms with van der Waals surface area (Å²) in [7, 11) is 0. The first-order chi connectivity index (χ1) is 5.75. The van der Waals surface area contributed by atoms with E-state index < -0.39 is 0 Å². The van der Waals surface area contributed by atoms with E-state index in [2.05, 4.69) is 16.9 Å². The smallest absolute Gasteiger partial charge is 0.238 e. The van der Waals surface area contributed by atoms with Crippen LogP contribution in [0.1, 0.15) is 5.69 Å². The third-order valence-corrected chi connectivity index (χ3v) is 1.69. The van der Waals surface area contributed by atoms with Gasteiger partial charge in [0.15, 0.2) is 0 Å². The van der Waals surface area contributed by atoms with E-state index in [1.807, 2.05) is 19.1 Å². The Balaban J connectivity index is 2.43. The molecule has 0 atom stereocenters. The maximum Gasteiger partial charge on any atom is 0.238 e. The van der Waals surface area contributed by atoms with Crippen molar-refractivity contribution in [2.45, 2.75) is 6.92 Å². The zero-order valence-electron chi connectivity index (χ0n) is 6.92. The minimum Gasteiger partial charge on any atom is -0.470 e. The van der Waals surface area contributed by atoms with Crippen LogP contribution in [0.2, 0.25) is 0 Å². The highest BCUT2D eigenvalue weighted by Crippen LogP contribution is 2.26. The van der Waals surface area contributed by atoms with Gasteiger partial charge in [-0.2, -0.15) is 0 Å². The molecule has 12 heavy (non-hydrogen) atoms. The molecule has 1 aromatic rings. The molecule has 2 heterocycles. The van der Waals surface area contributed by atoms with Crippen LogP contribution in [0.3, 0.4) is 0 Å². The number of nitrogens with zero attached hydrogens (tertiary/aromatic N) is 1. The SMILES string of the molecule is C=C1COc2nc(C)ccc2N1. The zero-order valence-corrected chi connectivity index (χ0v) is 6.92. The number of pyridine rings is 1. The second kappa shape index (κ2) is 2.52. The van der Waals surface area contributed by atoms with Crippen LogP contribution in [-0.2, 0) is 0 Å². The van der Waals surface area contributed by atoms with Gasteiger partial charge in [-0.3, -0.25) is 0 Å². The molecular formula is C9H10N2O. The van der Waals surface area contributed by atoms with Crippen molar-refractivity contribution in [3.63, 3.8) is 0 Å². The molecule has 1 aliphatic rings. The molecule has 0 aliphatic carbocycles. The standard InChI is InChI=1S/C9H10N2O/c1-6-3-4-8-9(11-6)12-5-7(2)10-8/h3-4,10H,2,5H2,1H3. The lowest BCUT2D eigenvalue weighted by atomic mass is 10.3. The lowest BCUT2D eigenvalue weighted by Gasteiger charge is -2.19. The Bertz CT molecular complexity index is 333. The zero-order chi connectivity index (χ0) is 8.55. The Kier molecular flexibility index (Phi) is 1.50. The highest BCUT2D eigenvalue weighted by Gasteiger charge is 2.12. The highest BCUT2D eigenvalue weighted by atomic mass is 16.5. The van der Waals surface area contributed by atoms with Crippen LogP contribution in [-0.4, -0.2) is 11.6 Å². The summed E-state index contributed by atoms with van der Waals surface area (Å²) in [4.78, 5) is 4.22. The Hall–Kier alpha value is -1.51. The quantitative estimate of drug-likeness (QED) is 0.630. The van der Waals surface area contributed by atoms with Crippen LogP contribution in [0.4, 0.5) is 5.69 Å². The molecule has 1 aliphatic heterocycles. The second-order valence-corrected chi connectivity index (χ2v) is 2.82. The third kappa shape index (κ3) is 1.13. The molecule has 0 spiro atoms. The van der Waals surface area contributed by atoms with Crippen molar-refractivity contribution < 1.29 is 4.74 Å². The van der Waals surface area contributed by atoms with Gasteiger partial charge in [-0.15, -0.1) is 0 Å². The molecule has 0 aromatic carbocycles. The van der Waals surface area contributed by atoms with Crippen LogP contribution in [0.25, 0.3) is 0 Å². The van der Waals surface area contributed by atoms with E-state index in [1.165, 1.54) is 0 Å². The van der Waals surface area contributed by atoms with Crippen molar-refractivity contribution >= 4 is 5.69 Å². The number of ether oxygens (including phenoxy) is 1. The van der Waals surface area contributed by atoms with Gasteiger partial charge < -0.3 is 10.1 Å². The van der Waals surface area contributed by atoms with E-state index in [4.69, 9.17) is 4.74 Å². The van der Waals surface area contributed by atoms with Gasteiger partial charge in [0, 0.05) is 11.4 Å². The number of aryl methyl sites for hydroxylation is 1. The van der Waals surface area contributed by atoms with Crippen molar-refractivity contribution in [2.24, 2.45) is 0 Å². The fourth-order valence-electron chi connectivity index (χ4n) is 1.12. The van der Waals surface area contributed by atoms with Gasteiger partial charge in [-0.05, 0) is 19.1 Å². The number of fused-ring (bicyclic) bond motifs is 1. The molecular weight excluding hydrogens is 152 g/mol. The van der Waals surface area contributed by atoms with E-state index in [0.29, 0.717) is 12.5 Å². The van der Waals surface area contributed by atoms with Gasteiger partial charge in [0.05, 0.1) is 0 Å². The summed E-state index contributed by atoms with van der Waals surface area (Å²) in [6.07, 6.45) is 0. The van der Waals surface area contributed by atoms with Crippen LogP contribution < -0.4 is 10.1 Å². The molecule has 0 bridgehead atoms. The third-order valence-electron chi connectivity index (χ3n) is 1.69. The topological polar surface area (TPSA) is 34.1 Å². The lowest BCUT2D eigenvalue weighted by molar-refractivity contribution is 0.332. The first-order valence-corrected chi connectivity index (χ1v) is 3.81. The number of aromatic nitrogens is 1. The van der Waals surface area contributed by atoms with Crippen molar-refractivity contribution in [1.82, 2.24) is 4.98 Å². The first kappa shape index (κ1) is 7.16. The van der Waals surface area contributed by atoms with Gasteiger partial charge in [-0.1, -0.05) is 6.58 Å². The number of hydrogen-bond donors (Lipinski definition) is 1. The number of anilines is 1. The van der Waals surface area contributed by atoms with Crippen molar-refractivity contribution in [3.8, 4) is 5.88 Å². The van der Waals surface area contributed by atoms with Crippen molar-refractivity contribution in [3.05, 3.63) is 30.1 Å². The van der Waals surface area contributed by atoms with E-state index in [0.717, 1.165) is 17.1 Å². The van der Waals surface area contributed by atoms with Crippen molar-refractivity contribution in [1.29, 1.82) is 0 Å². The van der Waals surface area contributed by atoms with Gasteiger partial charge in [0.25, 0.3) is 0 Å². The minimum atomic E-state index is 0.503. The summed E-state index contributed by atoms with van der Waals surface area (Å²) in [5.41, 5.74) is 2.73. The second-order valence-electron chi connectivity index (χ2n) is 2.82. The van der Waals surface area contributed by atoms with Gasteiger partial charge >= 0.3 is 0 Å². The van der Waals surface area contributed by atoms with E-state index in [-0.39, 0.29) is 0 Å². The molecule has 2 rings (SSSR count). The van der Waals surface area contributed by atoms with Crippen LogP contribution >= 0.6 is 0 Å². The van der Waals surface area contributed by atoms with Crippen LogP contribution in [0.15, 0.2) is 24.4 Å². The van der Waals surface area contributed by atoms with Crippen LogP contribution in [0, 0.1) is 6.92 Å². The normalized spacial score (nSPS) is 14.6. The number of hydrogen-bond acceptors (Lipinski definition) is 3. The monoisotopic (exact) mass is 162 g/mol. The summed E-state index contributed by atoms with van der Waals surface area (Å²) in [5, 5.41) is 3.11. The molecule has 62 valence electrons. The molecule has 0 fully saturated rings. The maximum atomic E-state index is 5.34.